The second-order valence-corrected chi connectivity index (χ2v) is 4.95. The highest BCUT2D eigenvalue weighted by molar-refractivity contribution is 7.07. The van der Waals surface area contributed by atoms with Crippen molar-refractivity contribution in [3.63, 3.8) is 0 Å². The molecule has 0 radical (unpaired) electrons. The van der Waals surface area contributed by atoms with E-state index >= 15 is 0 Å². The summed E-state index contributed by atoms with van der Waals surface area (Å²) < 4.78 is 0. The standard InChI is InChI=1S/C12H16OS/c13-12(8-10-2-1-3-10)5-4-11-6-7-14-9-11/h6-7,9-10H,1-5,8H2. The lowest BCUT2D eigenvalue weighted by Crippen LogP contribution is -2.16. The lowest BCUT2D eigenvalue weighted by molar-refractivity contribution is -0.120. The minimum Gasteiger partial charge on any atom is -0.300 e. The Morgan fingerprint density at radius 1 is 1.50 bits per heavy atom. The minimum atomic E-state index is 0.459. The monoisotopic (exact) mass is 208 g/mol. The van der Waals surface area contributed by atoms with Crippen LogP contribution in [0.4, 0.5) is 0 Å². The van der Waals surface area contributed by atoms with E-state index in [1.165, 1.54) is 24.8 Å². The number of aryl methyl sites for hydroxylation is 1. The van der Waals surface area contributed by atoms with E-state index in [4.69, 9.17) is 0 Å². The molecule has 1 nitrogen and oxygen atoms in total. The first-order valence-electron chi connectivity index (χ1n) is 5.37. The Morgan fingerprint density at radius 2 is 2.36 bits per heavy atom. The van der Waals surface area contributed by atoms with E-state index < -0.39 is 0 Å². The average molecular weight is 208 g/mol. The van der Waals surface area contributed by atoms with Gasteiger partial charge in [0, 0.05) is 12.8 Å². The van der Waals surface area contributed by atoms with Gasteiger partial charge in [0.05, 0.1) is 0 Å². The Balaban J connectivity index is 1.67. The molecule has 1 saturated carbocycles. The normalized spacial score (nSPS) is 16.6. The molecule has 0 aromatic carbocycles. The molecule has 14 heavy (non-hydrogen) atoms. The lowest BCUT2D eigenvalue weighted by atomic mass is 9.81. The van der Waals surface area contributed by atoms with Crippen molar-refractivity contribution >= 4 is 17.1 Å². The van der Waals surface area contributed by atoms with Gasteiger partial charge in [-0.3, -0.25) is 4.79 Å². The molecule has 1 fully saturated rings. The number of ketones is 1. The predicted molar refractivity (Wildman–Crippen MR) is 59.6 cm³/mol. The van der Waals surface area contributed by atoms with E-state index in [1.54, 1.807) is 11.3 Å². The van der Waals surface area contributed by atoms with Crippen LogP contribution in [0.2, 0.25) is 0 Å². The number of thiophene rings is 1. The quantitative estimate of drug-likeness (QED) is 0.724. The molecule has 2 rings (SSSR count). The fourth-order valence-corrected chi connectivity index (χ4v) is 2.54. The van der Waals surface area contributed by atoms with E-state index in [0.29, 0.717) is 5.78 Å². The van der Waals surface area contributed by atoms with Gasteiger partial charge in [0.25, 0.3) is 0 Å². The van der Waals surface area contributed by atoms with Gasteiger partial charge in [0.15, 0.2) is 0 Å². The molecule has 0 saturated heterocycles. The summed E-state index contributed by atoms with van der Waals surface area (Å²) in [4.78, 5) is 11.5. The van der Waals surface area contributed by atoms with Crippen LogP contribution in [-0.4, -0.2) is 5.78 Å². The van der Waals surface area contributed by atoms with Crippen LogP contribution in [0.25, 0.3) is 0 Å². The maximum atomic E-state index is 11.5. The van der Waals surface area contributed by atoms with Gasteiger partial charge in [0.2, 0.25) is 0 Å². The van der Waals surface area contributed by atoms with Crippen molar-refractivity contribution in [1.29, 1.82) is 0 Å². The van der Waals surface area contributed by atoms with Crippen LogP contribution in [0.1, 0.15) is 37.7 Å². The van der Waals surface area contributed by atoms with Crippen LogP contribution in [0, 0.1) is 5.92 Å². The third-order valence-electron chi connectivity index (χ3n) is 3.01. The van der Waals surface area contributed by atoms with Crippen molar-refractivity contribution in [2.24, 2.45) is 5.92 Å². The summed E-state index contributed by atoms with van der Waals surface area (Å²) in [5.74, 6) is 1.19. The Bertz CT molecular complexity index is 285. The topological polar surface area (TPSA) is 17.1 Å². The molecule has 1 aromatic rings. The molecule has 0 spiro atoms. The maximum absolute atomic E-state index is 11.5. The summed E-state index contributed by atoms with van der Waals surface area (Å²) in [5, 5.41) is 4.21. The molecule has 0 amide bonds. The van der Waals surface area contributed by atoms with Crippen molar-refractivity contribution in [2.75, 3.05) is 0 Å². The molecule has 1 heterocycles. The number of hydrogen-bond acceptors (Lipinski definition) is 2. The second kappa shape index (κ2) is 4.74. The maximum Gasteiger partial charge on any atom is 0.133 e. The van der Waals surface area contributed by atoms with Gasteiger partial charge in [-0.25, -0.2) is 0 Å². The van der Waals surface area contributed by atoms with Gasteiger partial charge in [-0.15, -0.1) is 0 Å². The summed E-state index contributed by atoms with van der Waals surface area (Å²) in [7, 11) is 0. The Labute approximate surface area is 89.1 Å². The van der Waals surface area contributed by atoms with Crippen LogP contribution in [0.3, 0.4) is 0 Å². The van der Waals surface area contributed by atoms with Gasteiger partial charge in [-0.05, 0) is 34.7 Å². The Hall–Kier alpha value is -0.630. The molecule has 0 bridgehead atoms. The minimum absolute atomic E-state index is 0.459. The average Bonchev–Trinajstić information content (AvgIpc) is 2.60. The zero-order valence-electron chi connectivity index (χ0n) is 8.37. The second-order valence-electron chi connectivity index (χ2n) is 4.17. The molecule has 0 atom stereocenters. The first-order chi connectivity index (χ1) is 6.84. The zero-order chi connectivity index (χ0) is 9.80. The number of Topliss-reactive ketones (excluding diaryl/α,β-unsaturated/α-hetero) is 1. The summed E-state index contributed by atoms with van der Waals surface area (Å²) >= 11 is 1.71. The summed E-state index contributed by atoms with van der Waals surface area (Å²) in [6, 6.07) is 2.11. The number of hydrogen-bond donors (Lipinski definition) is 0. The molecule has 2 heteroatoms. The van der Waals surface area contributed by atoms with Crippen molar-refractivity contribution in [3.05, 3.63) is 22.4 Å². The fraction of sp³-hybridized carbons (Fsp3) is 0.583. The highest BCUT2D eigenvalue weighted by Gasteiger charge is 2.20. The fourth-order valence-electron chi connectivity index (χ4n) is 1.84. The van der Waals surface area contributed by atoms with Crippen LogP contribution in [0.5, 0.6) is 0 Å². The third kappa shape index (κ3) is 2.68. The van der Waals surface area contributed by atoms with Crippen LogP contribution >= 0.6 is 11.3 Å². The van der Waals surface area contributed by atoms with Crippen LogP contribution < -0.4 is 0 Å². The van der Waals surface area contributed by atoms with Gasteiger partial charge in [0.1, 0.15) is 5.78 Å². The van der Waals surface area contributed by atoms with E-state index in [2.05, 4.69) is 16.8 Å². The van der Waals surface area contributed by atoms with E-state index in [9.17, 15) is 4.79 Å². The first-order valence-corrected chi connectivity index (χ1v) is 6.31. The molecule has 0 aliphatic heterocycles. The lowest BCUT2D eigenvalue weighted by Gasteiger charge is -2.24. The molecular weight excluding hydrogens is 192 g/mol. The molecular formula is C12H16OS. The molecule has 0 N–H and O–H groups in total. The van der Waals surface area contributed by atoms with Crippen molar-refractivity contribution in [1.82, 2.24) is 0 Å². The van der Waals surface area contributed by atoms with Crippen molar-refractivity contribution < 1.29 is 4.79 Å². The number of carbonyl (C=O) groups is 1. The Morgan fingerprint density at radius 3 is 2.93 bits per heavy atom. The van der Waals surface area contributed by atoms with Gasteiger partial charge in [-0.2, -0.15) is 11.3 Å². The van der Waals surface area contributed by atoms with Crippen molar-refractivity contribution in [3.8, 4) is 0 Å². The summed E-state index contributed by atoms with van der Waals surface area (Å²) in [6.07, 6.45) is 6.42. The molecule has 1 aromatic heterocycles. The zero-order valence-corrected chi connectivity index (χ0v) is 9.19. The number of carbonyl (C=O) groups excluding carboxylic acids is 1. The predicted octanol–water partition coefficient (Wildman–Crippen LogP) is 3.44. The van der Waals surface area contributed by atoms with E-state index in [0.717, 1.165) is 25.2 Å². The third-order valence-corrected chi connectivity index (χ3v) is 3.75. The van der Waals surface area contributed by atoms with Crippen LogP contribution in [-0.2, 0) is 11.2 Å². The number of rotatable bonds is 5. The smallest absolute Gasteiger partial charge is 0.133 e. The van der Waals surface area contributed by atoms with Gasteiger partial charge in [-0.1, -0.05) is 19.3 Å². The summed E-state index contributed by atoms with van der Waals surface area (Å²) in [6.45, 7) is 0. The van der Waals surface area contributed by atoms with Gasteiger partial charge >= 0.3 is 0 Å². The van der Waals surface area contributed by atoms with E-state index in [-0.39, 0.29) is 0 Å². The largest absolute Gasteiger partial charge is 0.300 e. The molecule has 1 aliphatic rings. The SMILES string of the molecule is O=C(CCc1ccsc1)CC1CCC1. The molecule has 0 unspecified atom stereocenters. The van der Waals surface area contributed by atoms with Gasteiger partial charge < -0.3 is 0 Å². The first kappa shape index (κ1) is 9.91. The highest BCUT2D eigenvalue weighted by atomic mass is 32.1. The molecule has 1 aliphatic carbocycles. The summed E-state index contributed by atoms with van der Waals surface area (Å²) in [5.41, 5.74) is 1.32. The highest BCUT2D eigenvalue weighted by Crippen LogP contribution is 2.29. The van der Waals surface area contributed by atoms with E-state index in [1.807, 2.05) is 0 Å². The molecule has 76 valence electrons. The Kier molecular flexibility index (Phi) is 3.35. The van der Waals surface area contributed by atoms with Crippen LogP contribution in [0.15, 0.2) is 16.8 Å². The van der Waals surface area contributed by atoms with Crippen molar-refractivity contribution in [2.45, 2.75) is 38.5 Å².